The second kappa shape index (κ2) is 10.3. The Morgan fingerprint density at radius 3 is 2.43 bits per heavy atom. The van der Waals surface area contributed by atoms with Crippen LogP contribution in [0.1, 0.15) is 53.9 Å². The number of nitrogens with one attached hydrogen (secondary N) is 1. The molecule has 0 bridgehead atoms. The number of rotatable bonds is 8. The third-order valence-corrected chi connectivity index (χ3v) is 2.63. The first-order valence-electron chi connectivity index (χ1n) is 7.81. The second-order valence-corrected chi connectivity index (χ2v) is 6.01. The molecule has 6 heteroatoms. The molecule has 0 aliphatic heterocycles. The minimum atomic E-state index is -0.475. The summed E-state index contributed by atoms with van der Waals surface area (Å²) in [5.74, 6) is 0.434. The first kappa shape index (κ1) is 19.5. The van der Waals surface area contributed by atoms with Gasteiger partial charge >= 0.3 is 6.09 Å². The standard InChI is InChI=1S/C15H32N4O2/c1-6-8-9-17-13(16)18-10-12-19(11-7-2)14(20)21-15(3,4)5/h6-12H2,1-5H3,(H3,16,17,18). The Hall–Kier alpha value is -1.46. The number of ether oxygens (including phenoxy) is 1. The summed E-state index contributed by atoms with van der Waals surface area (Å²) >= 11 is 0. The molecule has 1 amide bonds. The summed E-state index contributed by atoms with van der Waals surface area (Å²) < 4.78 is 5.39. The van der Waals surface area contributed by atoms with E-state index < -0.39 is 5.60 Å². The number of amides is 1. The van der Waals surface area contributed by atoms with Gasteiger partial charge in [-0.2, -0.15) is 0 Å². The molecule has 0 saturated heterocycles. The number of aliphatic imine (C=N–C) groups is 1. The molecule has 21 heavy (non-hydrogen) atoms. The van der Waals surface area contributed by atoms with Crippen molar-refractivity contribution in [2.75, 3.05) is 26.2 Å². The van der Waals surface area contributed by atoms with Gasteiger partial charge in [0.1, 0.15) is 5.60 Å². The number of nitrogens with zero attached hydrogens (tertiary/aromatic N) is 2. The molecule has 0 atom stereocenters. The minimum absolute atomic E-state index is 0.285. The van der Waals surface area contributed by atoms with E-state index >= 15 is 0 Å². The molecule has 0 aromatic carbocycles. The van der Waals surface area contributed by atoms with Crippen molar-refractivity contribution in [1.82, 2.24) is 10.2 Å². The number of carbonyl (C=O) groups excluding carboxylic acids is 1. The van der Waals surface area contributed by atoms with Crippen molar-refractivity contribution in [1.29, 1.82) is 0 Å². The smallest absolute Gasteiger partial charge is 0.410 e. The van der Waals surface area contributed by atoms with E-state index in [1.54, 1.807) is 4.90 Å². The van der Waals surface area contributed by atoms with Gasteiger partial charge < -0.3 is 20.7 Å². The maximum absolute atomic E-state index is 12.0. The van der Waals surface area contributed by atoms with Gasteiger partial charge in [-0.05, 0) is 33.6 Å². The molecule has 0 radical (unpaired) electrons. The summed E-state index contributed by atoms with van der Waals surface area (Å²) in [4.78, 5) is 18.0. The Labute approximate surface area is 129 Å². The first-order valence-corrected chi connectivity index (χ1v) is 7.81. The number of guanidine groups is 1. The van der Waals surface area contributed by atoms with Crippen LogP contribution in [-0.4, -0.2) is 48.7 Å². The maximum Gasteiger partial charge on any atom is 0.410 e. The van der Waals surface area contributed by atoms with Crippen molar-refractivity contribution in [2.24, 2.45) is 10.7 Å². The van der Waals surface area contributed by atoms with E-state index in [9.17, 15) is 4.79 Å². The third kappa shape index (κ3) is 10.9. The van der Waals surface area contributed by atoms with E-state index in [4.69, 9.17) is 10.5 Å². The molecule has 0 saturated carbocycles. The largest absolute Gasteiger partial charge is 0.444 e. The van der Waals surface area contributed by atoms with Crippen LogP contribution in [-0.2, 0) is 4.74 Å². The fourth-order valence-electron chi connectivity index (χ4n) is 1.62. The topological polar surface area (TPSA) is 80.0 Å². The van der Waals surface area contributed by atoms with Crippen LogP contribution in [0.15, 0.2) is 4.99 Å². The van der Waals surface area contributed by atoms with Gasteiger partial charge in [-0.3, -0.25) is 4.99 Å². The van der Waals surface area contributed by atoms with Crippen molar-refractivity contribution in [3.05, 3.63) is 0 Å². The van der Waals surface area contributed by atoms with Gasteiger partial charge in [0.25, 0.3) is 0 Å². The van der Waals surface area contributed by atoms with Crippen molar-refractivity contribution >= 4 is 12.1 Å². The summed E-state index contributed by atoms with van der Waals surface area (Å²) in [6, 6.07) is 0. The highest BCUT2D eigenvalue weighted by atomic mass is 16.6. The van der Waals surface area contributed by atoms with Crippen LogP contribution in [0.3, 0.4) is 0 Å². The summed E-state index contributed by atoms with van der Waals surface area (Å²) in [7, 11) is 0. The highest BCUT2D eigenvalue weighted by molar-refractivity contribution is 5.77. The normalized spacial score (nSPS) is 12.1. The summed E-state index contributed by atoms with van der Waals surface area (Å²) in [5.41, 5.74) is 5.28. The fourth-order valence-corrected chi connectivity index (χ4v) is 1.62. The Balaban J connectivity index is 4.21. The average Bonchev–Trinajstić information content (AvgIpc) is 2.36. The molecule has 0 rings (SSSR count). The second-order valence-electron chi connectivity index (χ2n) is 6.01. The average molecular weight is 300 g/mol. The molecule has 0 aromatic heterocycles. The lowest BCUT2D eigenvalue weighted by Crippen LogP contribution is -2.43. The van der Waals surface area contributed by atoms with Crippen LogP contribution in [0.25, 0.3) is 0 Å². The van der Waals surface area contributed by atoms with Crippen LogP contribution < -0.4 is 11.1 Å². The Morgan fingerprint density at radius 1 is 1.24 bits per heavy atom. The molecule has 6 nitrogen and oxygen atoms in total. The molecular formula is C15H32N4O2. The highest BCUT2D eigenvalue weighted by Gasteiger charge is 2.21. The fraction of sp³-hybridized carbons (Fsp3) is 0.867. The molecule has 0 aliphatic rings. The van der Waals surface area contributed by atoms with E-state index in [1.165, 1.54) is 0 Å². The van der Waals surface area contributed by atoms with Crippen molar-refractivity contribution in [2.45, 2.75) is 59.5 Å². The summed E-state index contributed by atoms with van der Waals surface area (Å²) in [6.45, 7) is 12.3. The Morgan fingerprint density at radius 2 is 1.90 bits per heavy atom. The van der Waals surface area contributed by atoms with Crippen molar-refractivity contribution in [3.63, 3.8) is 0 Å². The van der Waals surface area contributed by atoms with Gasteiger partial charge in [0.05, 0.1) is 0 Å². The molecule has 0 aliphatic carbocycles. The predicted molar refractivity (Wildman–Crippen MR) is 87.5 cm³/mol. The predicted octanol–water partition coefficient (Wildman–Crippen LogP) is 2.34. The lowest BCUT2D eigenvalue weighted by molar-refractivity contribution is 0.0253. The number of hydrogen-bond acceptors (Lipinski definition) is 3. The van der Waals surface area contributed by atoms with Gasteiger partial charge in [0, 0.05) is 26.2 Å². The zero-order valence-corrected chi connectivity index (χ0v) is 14.2. The lowest BCUT2D eigenvalue weighted by atomic mass is 10.2. The monoisotopic (exact) mass is 300 g/mol. The third-order valence-electron chi connectivity index (χ3n) is 2.63. The lowest BCUT2D eigenvalue weighted by Gasteiger charge is -2.27. The zero-order valence-electron chi connectivity index (χ0n) is 14.2. The van der Waals surface area contributed by atoms with Crippen LogP contribution in [0.2, 0.25) is 0 Å². The van der Waals surface area contributed by atoms with Crippen LogP contribution in [0.5, 0.6) is 0 Å². The number of hydrogen-bond donors (Lipinski definition) is 2. The van der Waals surface area contributed by atoms with E-state index in [1.807, 2.05) is 27.7 Å². The maximum atomic E-state index is 12.0. The highest BCUT2D eigenvalue weighted by Crippen LogP contribution is 2.09. The van der Waals surface area contributed by atoms with Gasteiger partial charge in [0.15, 0.2) is 5.96 Å². The van der Waals surface area contributed by atoms with Gasteiger partial charge in [0.2, 0.25) is 0 Å². The number of nitrogens with two attached hydrogens (primary N) is 1. The molecule has 3 N–H and O–H groups in total. The Bertz CT molecular complexity index is 324. The number of carbonyl (C=O) groups is 1. The van der Waals surface area contributed by atoms with E-state index in [-0.39, 0.29) is 6.09 Å². The molecule has 124 valence electrons. The van der Waals surface area contributed by atoms with Gasteiger partial charge in [-0.1, -0.05) is 20.3 Å². The van der Waals surface area contributed by atoms with E-state index in [0.717, 1.165) is 25.8 Å². The summed E-state index contributed by atoms with van der Waals surface area (Å²) in [6.07, 6.45) is 2.73. The zero-order chi connectivity index (χ0) is 16.3. The van der Waals surface area contributed by atoms with Crippen LogP contribution in [0, 0.1) is 0 Å². The summed E-state index contributed by atoms with van der Waals surface area (Å²) in [5, 5.41) is 3.03. The molecule has 0 aromatic rings. The minimum Gasteiger partial charge on any atom is -0.444 e. The molecule has 0 fully saturated rings. The van der Waals surface area contributed by atoms with Crippen molar-refractivity contribution in [3.8, 4) is 0 Å². The quantitative estimate of drug-likeness (QED) is 0.409. The van der Waals surface area contributed by atoms with E-state index in [2.05, 4.69) is 17.2 Å². The molecule has 0 heterocycles. The van der Waals surface area contributed by atoms with Gasteiger partial charge in [-0.15, -0.1) is 0 Å². The SMILES string of the molecule is CCCCN=C(N)NCCN(CCC)C(=O)OC(C)(C)C. The molecule has 0 spiro atoms. The van der Waals surface area contributed by atoms with Crippen molar-refractivity contribution < 1.29 is 9.53 Å². The Kier molecular flexibility index (Phi) is 9.58. The van der Waals surface area contributed by atoms with E-state index in [0.29, 0.717) is 25.6 Å². The van der Waals surface area contributed by atoms with Crippen LogP contribution >= 0.6 is 0 Å². The van der Waals surface area contributed by atoms with Gasteiger partial charge in [-0.25, -0.2) is 4.79 Å². The first-order chi connectivity index (χ1) is 9.80. The molecule has 0 unspecified atom stereocenters. The van der Waals surface area contributed by atoms with Crippen LogP contribution in [0.4, 0.5) is 4.79 Å². The molecular weight excluding hydrogens is 268 g/mol. The number of unbranched alkanes of at least 4 members (excludes halogenated alkanes) is 1.